The molecule has 13 heavy (non-hydrogen) atoms. The van der Waals surface area contributed by atoms with Crippen LogP contribution >= 0.6 is 0 Å². The number of rotatable bonds is 3. The Bertz CT molecular complexity index is 306. The van der Waals surface area contributed by atoms with E-state index in [1.165, 1.54) is 0 Å². The van der Waals surface area contributed by atoms with Gasteiger partial charge < -0.3 is 14.6 Å². The molecule has 1 aromatic heterocycles. The quantitative estimate of drug-likeness (QED) is 0.698. The molecule has 0 amide bonds. The molecular formula is C8H13N3O2. The van der Waals surface area contributed by atoms with E-state index in [0.29, 0.717) is 18.1 Å². The molecular weight excluding hydrogens is 170 g/mol. The first-order valence-corrected chi connectivity index (χ1v) is 4.06. The molecule has 0 aliphatic carbocycles. The first-order valence-electron chi connectivity index (χ1n) is 4.06. The minimum absolute atomic E-state index is 0.355. The van der Waals surface area contributed by atoms with Gasteiger partial charge in [0.1, 0.15) is 0 Å². The van der Waals surface area contributed by atoms with E-state index in [4.69, 9.17) is 4.74 Å². The predicted molar refractivity (Wildman–Crippen MR) is 48.7 cm³/mol. The van der Waals surface area contributed by atoms with Crippen LogP contribution in [0.1, 0.15) is 17.4 Å². The highest BCUT2D eigenvalue weighted by molar-refractivity contribution is 5.92. The van der Waals surface area contributed by atoms with Gasteiger partial charge in [-0.3, -0.25) is 0 Å². The maximum atomic E-state index is 11.4. The minimum atomic E-state index is -0.355. The highest BCUT2D eigenvalue weighted by Crippen LogP contribution is 2.12. The highest BCUT2D eigenvalue weighted by Gasteiger charge is 2.16. The normalized spacial score (nSPS) is 9.77. The van der Waals surface area contributed by atoms with Crippen LogP contribution in [0.5, 0.6) is 0 Å². The molecule has 0 radical (unpaired) electrons. The summed E-state index contributed by atoms with van der Waals surface area (Å²) in [4.78, 5) is 15.4. The topological polar surface area (TPSA) is 56.1 Å². The third-order valence-electron chi connectivity index (χ3n) is 1.64. The Morgan fingerprint density at radius 3 is 3.00 bits per heavy atom. The third-order valence-corrected chi connectivity index (χ3v) is 1.64. The van der Waals surface area contributed by atoms with E-state index in [1.54, 1.807) is 31.9 Å². The van der Waals surface area contributed by atoms with Gasteiger partial charge in [-0.05, 0) is 6.92 Å². The van der Waals surface area contributed by atoms with Crippen LogP contribution in [-0.2, 0) is 11.8 Å². The summed E-state index contributed by atoms with van der Waals surface area (Å²) in [5.74, 6) is 0.188. The van der Waals surface area contributed by atoms with Crippen molar-refractivity contribution in [3.63, 3.8) is 0 Å². The van der Waals surface area contributed by atoms with Crippen molar-refractivity contribution >= 4 is 11.8 Å². The monoisotopic (exact) mass is 183 g/mol. The molecule has 1 heterocycles. The first kappa shape index (κ1) is 9.57. The van der Waals surface area contributed by atoms with Crippen LogP contribution in [0.4, 0.5) is 5.82 Å². The summed E-state index contributed by atoms with van der Waals surface area (Å²) in [5, 5.41) is 2.82. The zero-order valence-corrected chi connectivity index (χ0v) is 8.00. The van der Waals surface area contributed by atoms with Crippen LogP contribution < -0.4 is 5.32 Å². The van der Waals surface area contributed by atoms with E-state index in [-0.39, 0.29) is 5.97 Å². The average Bonchev–Trinajstić information content (AvgIpc) is 2.47. The Balaban J connectivity index is 2.96. The molecule has 0 atom stereocenters. The van der Waals surface area contributed by atoms with Crippen molar-refractivity contribution in [2.45, 2.75) is 6.92 Å². The lowest BCUT2D eigenvalue weighted by molar-refractivity contribution is 0.0516. The first-order chi connectivity index (χ1) is 6.20. The van der Waals surface area contributed by atoms with Crippen molar-refractivity contribution in [1.82, 2.24) is 9.55 Å². The molecule has 1 N–H and O–H groups in total. The zero-order valence-electron chi connectivity index (χ0n) is 8.00. The van der Waals surface area contributed by atoms with Crippen molar-refractivity contribution in [3.8, 4) is 0 Å². The van der Waals surface area contributed by atoms with Crippen LogP contribution in [0.15, 0.2) is 6.33 Å². The average molecular weight is 183 g/mol. The van der Waals surface area contributed by atoms with Gasteiger partial charge >= 0.3 is 5.97 Å². The lowest BCUT2D eigenvalue weighted by Gasteiger charge is -2.04. The molecule has 0 aromatic carbocycles. The van der Waals surface area contributed by atoms with Crippen LogP contribution in [0.2, 0.25) is 0 Å². The van der Waals surface area contributed by atoms with Crippen LogP contribution in [0, 0.1) is 0 Å². The van der Waals surface area contributed by atoms with E-state index >= 15 is 0 Å². The summed E-state index contributed by atoms with van der Waals surface area (Å²) >= 11 is 0. The fraction of sp³-hybridized carbons (Fsp3) is 0.500. The molecule has 0 saturated carbocycles. The van der Waals surface area contributed by atoms with E-state index in [1.807, 2.05) is 0 Å². The number of nitrogens with one attached hydrogen (secondary N) is 1. The van der Waals surface area contributed by atoms with Gasteiger partial charge in [0.2, 0.25) is 0 Å². The van der Waals surface area contributed by atoms with Crippen LogP contribution in [0.25, 0.3) is 0 Å². The van der Waals surface area contributed by atoms with Crippen LogP contribution in [-0.4, -0.2) is 29.2 Å². The standard InChI is InChI=1S/C8H13N3O2/c1-4-13-8(12)6-7(9-2)10-5-11(6)3/h5,9H,4H2,1-3H3. The molecule has 72 valence electrons. The van der Waals surface area contributed by atoms with Gasteiger partial charge in [0.15, 0.2) is 11.5 Å². The summed E-state index contributed by atoms with van der Waals surface area (Å²) in [7, 11) is 3.46. The van der Waals surface area contributed by atoms with E-state index < -0.39 is 0 Å². The summed E-state index contributed by atoms with van der Waals surface area (Å²) < 4.78 is 6.50. The number of aryl methyl sites for hydroxylation is 1. The molecule has 0 spiro atoms. The Morgan fingerprint density at radius 1 is 1.77 bits per heavy atom. The number of hydrogen-bond acceptors (Lipinski definition) is 4. The van der Waals surface area contributed by atoms with Crippen molar-refractivity contribution in [3.05, 3.63) is 12.0 Å². The fourth-order valence-corrected chi connectivity index (χ4v) is 1.05. The molecule has 0 unspecified atom stereocenters. The number of ether oxygens (including phenoxy) is 1. The maximum absolute atomic E-state index is 11.4. The van der Waals surface area contributed by atoms with Gasteiger partial charge in [0, 0.05) is 14.1 Å². The van der Waals surface area contributed by atoms with Gasteiger partial charge in [0.05, 0.1) is 12.9 Å². The Kier molecular flexibility index (Phi) is 2.89. The van der Waals surface area contributed by atoms with Crippen molar-refractivity contribution in [1.29, 1.82) is 0 Å². The highest BCUT2D eigenvalue weighted by atomic mass is 16.5. The zero-order chi connectivity index (χ0) is 9.84. The minimum Gasteiger partial charge on any atom is -0.461 e. The van der Waals surface area contributed by atoms with Gasteiger partial charge in [-0.25, -0.2) is 9.78 Å². The van der Waals surface area contributed by atoms with E-state index in [2.05, 4.69) is 10.3 Å². The van der Waals surface area contributed by atoms with Gasteiger partial charge in [0.25, 0.3) is 0 Å². The van der Waals surface area contributed by atoms with Gasteiger partial charge in [-0.2, -0.15) is 0 Å². The number of carbonyl (C=O) groups is 1. The van der Waals surface area contributed by atoms with Crippen molar-refractivity contribution in [2.75, 3.05) is 19.0 Å². The number of carbonyl (C=O) groups excluding carboxylic acids is 1. The molecule has 0 aliphatic rings. The SMILES string of the molecule is CCOC(=O)c1c(NC)ncn1C. The molecule has 5 nitrogen and oxygen atoms in total. The molecule has 0 saturated heterocycles. The summed E-state index contributed by atoms with van der Waals surface area (Å²) in [5.41, 5.74) is 0.448. The van der Waals surface area contributed by atoms with Gasteiger partial charge in [-0.1, -0.05) is 0 Å². The third kappa shape index (κ3) is 1.80. The summed E-state index contributed by atoms with van der Waals surface area (Å²) in [6.07, 6.45) is 1.57. The second kappa shape index (κ2) is 3.93. The summed E-state index contributed by atoms with van der Waals surface area (Å²) in [6.45, 7) is 2.14. The Labute approximate surface area is 76.7 Å². The molecule has 0 fully saturated rings. The Hall–Kier alpha value is -1.52. The van der Waals surface area contributed by atoms with Crippen molar-refractivity contribution in [2.24, 2.45) is 7.05 Å². The summed E-state index contributed by atoms with van der Waals surface area (Å²) in [6, 6.07) is 0. The lowest BCUT2D eigenvalue weighted by atomic mass is 10.4. The largest absolute Gasteiger partial charge is 0.461 e. The number of imidazole rings is 1. The number of hydrogen-bond donors (Lipinski definition) is 1. The predicted octanol–water partition coefficient (Wildman–Crippen LogP) is 0.638. The number of aromatic nitrogens is 2. The van der Waals surface area contributed by atoms with E-state index in [9.17, 15) is 4.79 Å². The fourth-order valence-electron chi connectivity index (χ4n) is 1.05. The number of anilines is 1. The lowest BCUT2D eigenvalue weighted by Crippen LogP contribution is -2.11. The molecule has 5 heteroatoms. The number of esters is 1. The molecule has 1 aromatic rings. The van der Waals surface area contributed by atoms with Crippen LogP contribution in [0.3, 0.4) is 0 Å². The molecule has 0 aliphatic heterocycles. The number of nitrogens with zero attached hydrogens (tertiary/aromatic N) is 2. The maximum Gasteiger partial charge on any atom is 0.358 e. The second-order valence-corrected chi connectivity index (χ2v) is 2.52. The van der Waals surface area contributed by atoms with Crippen molar-refractivity contribution < 1.29 is 9.53 Å². The molecule has 1 rings (SSSR count). The van der Waals surface area contributed by atoms with E-state index in [0.717, 1.165) is 0 Å². The smallest absolute Gasteiger partial charge is 0.358 e. The Morgan fingerprint density at radius 2 is 2.46 bits per heavy atom. The molecule has 0 bridgehead atoms. The second-order valence-electron chi connectivity index (χ2n) is 2.52. The van der Waals surface area contributed by atoms with Gasteiger partial charge in [-0.15, -0.1) is 0 Å².